The van der Waals surface area contributed by atoms with E-state index in [2.05, 4.69) is 27.8 Å². The smallest absolute Gasteiger partial charge is 0.183 e. The Morgan fingerprint density at radius 2 is 2.22 bits per heavy atom. The van der Waals surface area contributed by atoms with Gasteiger partial charge in [0.25, 0.3) is 0 Å². The summed E-state index contributed by atoms with van der Waals surface area (Å²) in [7, 11) is 0. The number of benzene rings is 1. The first-order valence-corrected chi connectivity index (χ1v) is 6.76. The molecule has 0 unspecified atom stereocenters. The van der Waals surface area contributed by atoms with Crippen LogP contribution >= 0.6 is 11.3 Å². The van der Waals surface area contributed by atoms with Crippen LogP contribution in [-0.4, -0.2) is 10.1 Å². The molecule has 0 radical (unpaired) electrons. The first-order chi connectivity index (χ1) is 8.86. The zero-order valence-corrected chi connectivity index (χ0v) is 10.8. The topological polar surface area (TPSA) is 51.0 Å². The van der Waals surface area contributed by atoms with E-state index in [1.807, 2.05) is 24.3 Å². The highest BCUT2D eigenvalue weighted by molar-refractivity contribution is 7.13. The molecule has 92 valence electrons. The molecule has 0 aliphatic rings. The van der Waals surface area contributed by atoms with E-state index in [1.165, 1.54) is 0 Å². The average molecular weight is 259 g/mol. The molecular formula is C13H13N3OS. The van der Waals surface area contributed by atoms with Gasteiger partial charge in [0.1, 0.15) is 5.69 Å². The van der Waals surface area contributed by atoms with Crippen LogP contribution in [0.4, 0.5) is 5.13 Å². The molecule has 5 heteroatoms. The fourth-order valence-corrected chi connectivity index (χ4v) is 2.57. The number of fused-ring (bicyclic) bond motifs is 1. The second-order valence-corrected chi connectivity index (χ2v) is 4.83. The summed E-state index contributed by atoms with van der Waals surface area (Å²) >= 11 is 1.62. The van der Waals surface area contributed by atoms with Gasteiger partial charge in [-0.1, -0.05) is 24.2 Å². The second kappa shape index (κ2) is 4.78. The molecule has 0 amide bonds. The normalized spacial score (nSPS) is 10.9. The molecule has 0 spiro atoms. The summed E-state index contributed by atoms with van der Waals surface area (Å²) in [6.07, 6.45) is 0.963. The van der Waals surface area contributed by atoms with Crippen LogP contribution < -0.4 is 5.32 Å². The Labute approximate surface area is 109 Å². The van der Waals surface area contributed by atoms with Gasteiger partial charge in [-0.2, -0.15) is 0 Å². The van der Waals surface area contributed by atoms with Crippen molar-refractivity contribution in [3.63, 3.8) is 0 Å². The van der Waals surface area contributed by atoms with Crippen molar-refractivity contribution < 1.29 is 4.52 Å². The van der Waals surface area contributed by atoms with E-state index in [9.17, 15) is 0 Å². The molecule has 0 atom stereocenters. The van der Waals surface area contributed by atoms with Crippen molar-refractivity contribution in [1.29, 1.82) is 0 Å². The Hall–Kier alpha value is -1.88. The highest BCUT2D eigenvalue weighted by Gasteiger charge is 2.07. The maximum absolute atomic E-state index is 5.26. The van der Waals surface area contributed by atoms with Gasteiger partial charge in [0.2, 0.25) is 0 Å². The van der Waals surface area contributed by atoms with E-state index in [1.54, 1.807) is 11.3 Å². The van der Waals surface area contributed by atoms with Crippen LogP contribution in [0.5, 0.6) is 0 Å². The molecule has 0 saturated heterocycles. The molecule has 3 aromatic rings. The van der Waals surface area contributed by atoms with E-state index < -0.39 is 0 Å². The Morgan fingerprint density at radius 3 is 3.06 bits per heavy atom. The van der Waals surface area contributed by atoms with Crippen LogP contribution in [0.1, 0.15) is 18.3 Å². The Morgan fingerprint density at radius 1 is 1.33 bits per heavy atom. The van der Waals surface area contributed by atoms with Gasteiger partial charge < -0.3 is 9.84 Å². The molecule has 0 saturated carbocycles. The molecular weight excluding hydrogens is 246 g/mol. The van der Waals surface area contributed by atoms with Gasteiger partial charge in [-0.25, -0.2) is 4.98 Å². The number of para-hydroxylation sites is 1. The van der Waals surface area contributed by atoms with Crippen molar-refractivity contribution in [1.82, 2.24) is 10.1 Å². The lowest BCUT2D eigenvalue weighted by Crippen LogP contribution is -1.99. The van der Waals surface area contributed by atoms with Crippen LogP contribution in [0.15, 0.2) is 34.2 Å². The molecule has 2 aromatic heterocycles. The fourth-order valence-electron chi connectivity index (χ4n) is 1.78. The zero-order valence-electron chi connectivity index (χ0n) is 10.0. The minimum absolute atomic E-state index is 0.633. The summed E-state index contributed by atoms with van der Waals surface area (Å²) in [5.41, 5.74) is 2.86. The molecule has 4 nitrogen and oxygen atoms in total. The van der Waals surface area contributed by atoms with Gasteiger partial charge in [0.05, 0.1) is 12.2 Å². The number of rotatable bonds is 4. The quantitative estimate of drug-likeness (QED) is 0.779. The highest BCUT2D eigenvalue weighted by atomic mass is 32.1. The van der Waals surface area contributed by atoms with Gasteiger partial charge in [-0.15, -0.1) is 11.3 Å². The van der Waals surface area contributed by atoms with Crippen molar-refractivity contribution in [2.45, 2.75) is 19.9 Å². The maximum Gasteiger partial charge on any atom is 0.183 e. The predicted molar refractivity (Wildman–Crippen MR) is 72.8 cm³/mol. The van der Waals surface area contributed by atoms with Crippen LogP contribution in [0.25, 0.3) is 11.0 Å². The lowest BCUT2D eigenvalue weighted by atomic mass is 10.2. The highest BCUT2D eigenvalue weighted by Crippen LogP contribution is 2.20. The van der Waals surface area contributed by atoms with Gasteiger partial charge in [-0.05, 0) is 18.6 Å². The predicted octanol–water partition coefficient (Wildman–Crippen LogP) is 3.46. The first kappa shape index (κ1) is 11.2. The lowest BCUT2D eigenvalue weighted by Gasteiger charge is -1.98. The molecule has 18 heavy (non-hydrogen) atoms. The minimum atomic E-state index is 0.633. The molecule has 0 fully saturated rings. The molecule has 3 rings (SSSR count). The summed E-state index contributed by atoms with van der Waals surface area (Å²) < 4.78 is 5.26. The second-order valence-electron chi connectivity index (χ2n) is 3.98. The summed E-state index contributed by atoms with van der Waals surface area (Å²) in [5.74, 6) is 0. The van der Waals surface area contributed by atoms with E-state index in [0.717, 1.165) is 33.9 Å². The summed E-state index contributed by atoms with van der Waals surface area (Å²) in [5, 5.41) is 11.4. The standard InChI is InChI=1S/C13H13N3OS/c1-2-9-8-18-13(15-9)14-7-11-10-5-3-4-6-12(10)17-16-11/h3-6,8H,2,7H2,1H3,(H,14,15). The van der Waals surface area contributed by atoms with Crippen LogP contribution in [0, 0.1) is 0 Å². The first-order valence-electron chi connectivity index (χ1n) is 5.88. The number of nitrogens with one attached hydrogen (secondary N) is 1. The number of hydrogen-bond donors (Lipinski definition) is 1. The zero-order chi connectivity index (χ0) is 12.4. The largest absolute Gasteiger partial charge is 0.356 e. The van der Waals surface area contributed by atoms with Crippen molar-refractivity contribution in [2.24, 2.45) is 0 Å². The maximum atomic E-state index is 5.26. The number of hydrogen-bond acceptors (Lipinski definition) is 5. The van der Waals surface area contributed by atoms with E-state index in [-0.39, 0.29) is 0 Å². The van der Waals surface area contributed by atoms with E-state index in [0.29, 0.717) is 6.54 Å². The average Bonchev–Trinajstić information content (AvgIpc) is 3.03. The molecule has 1 N–H and O–H groups in total. The van der Waals surface area contributed by atoms with Crippen molar-refractivity contribution in [3.05, 3.63) is 41.0 Å². The summed E-state index contributed by atoms with van der Waals surface area (Å²) in [4.78, 5) is 4.46. The number of aromatic nitrogens is 2. The summed E-state index contributed by atoms with van der Waals surface area (Å²) in [6.45, 7) is 2.73. The van der Waals surface area contributed by atoms with Crippen LogP contribution in [0.2, 0.25) is 0 Å². The van der Waals surface area contributed by atoms with E-state index in [4.69, 9.17) is 4.52 Å². The van der Waals surface area contributed by atoms with Crippen LogP contribution in [0.3, 0.4) is 0 Å². The number of nitrogens with zero attached hydrogens (tertiary/aromatic N) is 2. The molecule has 0 aliphatic heterocycles. The molecule has 0 bridgehead atoms. The summed E-state index contributed by atoms with van der Waals surface area (Å²) in [6, 6.07) is 7.87. The lowest BCUT2D eigenvalue weighted by molar-refractivity contribution is 0.447. The van der Waals surface area contributed by atoms with Gasteiger partial charge in [0.15, 0.2) is 10.7 Å². The Bertz CT molecular complexity index is 659. The molecule has 0 aliphatic carbocycles. The monoisotopic (exact) mass is 259 g/mol. The van der Waals surface area contributed by atoms with Gasteiger partial charge >= 0.3 is 0 Å². The van der Waals surface area contributed by atoms with Gasteiger partial charge in [0, 0.05) is 10.8 Å². The third-order valence-corrected chi connectivity index (χ3v) is 3.62. The SMILES string of the molecule is CCc1csc(NCc2noc3ccccc23)n1. The third-order valence-electron chi connectivity index (χ3n) is 2.77. The third kappa shape index (κ3) is 2.09. The number of thiazole rings is 1. The minimum Gasteiger partial charge on any atom is -0.356 e. The van der Waals surface area contributed by atoms with Crippen molar-refractivity contribution in [3.8, 4) is 0 Å². The molecule has 2 heterocycles. The van der Waals surface area contributed by atoms with Crippen molar-refractivity contribution >= 4 is 27.4 Å². The Kier molecular flexibility index (Phi) is 2.98. The fraction of sp³-hybridized carbons (Fsp3) is 0.231. The van der Waals surface area contributed by atoms with Gasteiger partial charge in [-0.3, -0.25) is 0 Å². The Balaban J connectivity index is 1.76. The van der Waals surface area contributed by atoms with E-state index >= 15 is 0 Å². The number of anilines is 1. The van der Waals surface area contributed by atoms with Crippen LogP contribution in [-0.2, 0) is 13.0 Å². The van der Waals surface area contributed by atoms with Crippen molar-refractivity contribution in [2.75, 3.05) is 5.32 Å². The molecule has 1 aromatic carbocycles. The number of aryl methyl sites for hydroxylation is 1.